The van der Waals surface area contributed by atoms with E-state index in [9.17, 15) is 14.7 Å². The number of nitrogens with zero attached hydrogens (tertiary/aromatic N) is 4. The summed E-state index contributed by atoms with van der Waals surface area (Å²) >= 11 is 0. The molecule has 2 aliphatic heterocycles. The summed E-state index contributed by atoms with van der Waals surface area (Å²) in [6.45, 7) is 0. The van der Waals surface area contributed by atoms with Gasteiger partial charge in [0.25, 0.3) is 5.56 Å². The van der Waals surface area contributed by atoms with Gasteiger partial charge in [-0.05, 0) is 25.7 Å². The zero-order valence-corrected chi connectivity index (χ0v) is 11.1. The van der Waals surface area contributed by atoms with Crippen molar-refractivity contribution in [2.75, 3.05) is 4.90 Å². The lowest BCUT2D eigenvalue weighted by Gasteiger charge is -2.37. The van der Waals surface area contributed by atoms with Crippen LogP contribution in [-0.4, -0.2) is 37.6 Å². The molecule has 0 radical (unpaired) electrons. The van der Waals surface area contributed by atoms with Crippen molar-refractivity contribution in [1.29, 1.82) is 0 Å². The van der Waals surface area contributed by atoms with E-state index in [2.05, 4.69) is 5.10 Å². The molecule has 0 saturated carbocycles. The second-order valence-corrected chi connectivity index (χ2v) is 5.51. The van der Waals surface area contributed by atoms with Crippen LogP contribution in [-0.2, 0) is 14.1 Å². The molecule has 2 atom stereocenters. The molecule has 0 aliphatic carbocycles. The monoisotopic (exact) mass is 266 g/mol. The van der Waals surface area contributed by atoms with Crippen molar-refractivity contribution in [2.45, 2.75) is 43.9 Å². The Hall–Kier alpha value is -1.63. The molecule has 1 aromatic heterocycles. The number of aromatic nitrogens is 3. The smallest absolute Gasteiger partial charge is 0.346 e. The predicted octanol–water partition coefficient (Wildman–Crippen LogP) is -1.03. The number of fused-ring (bicyclic) bond motifs is 2. The van der Waals surface area contributed by atoms with Gasteiger partial charge in [0.2, 0.25) is 5.82 Å². The molecular formula is C12H18N4O3. The van der Waals surface area contributed by atoms with Crippen LogP contribution in [0.2, 0.25) is 0 Å². The van der Waals surface area contributed by atoms with Crippen LogP contribution in [0.4, 0.5) is 5.82 Å². The highest BCUT2D eigenvalue weighted by molar-refractivity contribution is 5.41. The lowest BCUT2D eigenvalue weighted by molar-refractivity contribution is 0.125. The maximum absolute atomic E-state index is 12.2. The molecule has 0 amide bonds. The third-order valence-electron chi connectivity index (χ3n) is 4.26. The van der Waals surface area contributed by atoms with Crippen LogP contribution in [0.25, 0.3) is 0 Å². The molecule has 2 bridgehead atoms. The number of hydrogen-bond acceptors (Lipinski definition) is 5. The average molecular weight is 266 g/mol. The summed E-state index contributed by atoms with van der Waals surface area (Å²) < 4.78 is 2.29. The second kappa shape index (κ2) is 4.19. The minimum absolute atomic E-state index is 0.159. The number of rotatable bonds is 1. The fraction of sp³-hybridized carbons (Fsp3) is 0.750. The minimum Gasteiger partial charge on any atom is -0.393 e. The van der Waals surface area contributed by atoms with E-state index in [-0.39, 0.29) is 23.7 Å². The summed E-state index contributed by atoms with van der Waals surface area (Å²) in [5.74, 6) is 0.337. The fourth-order valence-corrected chi connectivity index (χ4v) is 3.34. The number of anilines is 1. The van der Waals surface area contributed by atoms with Gasteiger partial charge in [-0.15, -0.1) is 5.10 Å². The highest BCUT2D eigenvalue weighted by atomic mass is 16.3. The van der Waals surface area contributed by atoms with Crippen LogP contribution < -0.4 is 16.1 Å². The fourth-order valence-electron chi connectivity index (χ4n) is 3.34. The van der Waals surface area contributed by atoms with Crippen molar-refractivity contribution >= 4 is 5.82 Å². The summed E-state index contributed by atoms with van der Waals surface area (Å²) in [4.78, 5) is 25.9. The first kappa shape index (κ1) is 12.4. The molecule has 104 valence electrons. The van der Waals surface area contributed by atoms with E-state index < -0.39 is 5.69 Å². The molecule has 2 unspecified atom stereocenters. The van der Waals surface area contributed by atoms with Crippen molar-refractivity contribution in [3.63, 3.8) is 0 Å². The van der Waals surface area contributed by atoms with E-state index in [0.29, 0.717) is 18.7 Å². The summed E-state index contributed by atoms with van der Waals surface area (Å²) in [5, 5.41) is 13.9. The van der Waals surface area contributed by atoms with Crippen molar-refractivity contribution in [2.24, 2.45) is 14.1 Å². The van der Waals surface area contributed by atoms with Gasteiger partial charge in [0.05, 0.1) is 6.10 Å². The molecule has 3 heterocycles. The highest BCUT2D eigenvalue weighted by Crippen LogP contribution is 2.37. The third kappa shape index (κ3) is 1.80. The molecule has 1 N–H and O–H groups in total. The van der Waals surface area contributed by atoms with E-state index in [1.165, 1.54) is 11.7 Å². The SMILES string of the molecule is Cn1nc(N2C3CCC2CC(O)C3)c(=O)n(C)c1=O. The van der Waals surface area contributed by atoms with Crippen LogP contribution >= 0.6 is 0 Å². The van der Waals surface area contributed by atoms with Gasteiger partial charge in [0.15, 0.2) is 0 Å². The van der Waals surface area contributed by atoms with Crippen molar-refractivity contribution in [3.8, 4) is 0 Å². The van der Waals surface area contributed by atoms with E-state index in [1.54, 1.807) is 7.05 Å². The topological polar surface area (TPSA) is 80.4 Å². The predicted molar refractivity (Wildman–Crippen MR) is 69.2 cm³/mol. The van der Waals surface area contributed by atoms with Crippen LogP contribution in [0.5, 0.6) is 0 Å². The van der Waals surface area contributed by atoms with Gasteiger partial charge in [-0.2, -0.15) is 0 Å². The van der Waals surface area contributed by atoms with E-state index in [0.717, 1.165) is 17.4 Å². The van der Waals surface area contributed by atoms with Gasteiger partial charge in [0, 0.05) is 26.2 Å². The summed E-state index contributed by atoms with van der Waals surface area (Å²) in [5.41, 5.74) is -0.769. The molecule has 3 rings (SSSR count). The van der Waals surface area contributed by atoms with Crippen molar-refractivity contribution < 1.29 is 5.11 Å². The number of aliphatic hydroxyl groups excluding tert-OH is 1. The molecular weight excluding hydrogens is 248 g/mol. The molecule has 2 fully saturated rings. The van der Waals surface area contributed by atoms with Crippen LogP contribution in [0.1, 0.15) is 25.7 Å². The molecule has 2 saturated heterocycles. The maximum Gasteiger partial charge on any atom is 0.346 e. The summed E-state index contributed by atoms with van der Waals surface area (Å²) in [6, 6.07) is 0.318. The van der Waals surface area contributed by atoms with Gasteiger partial charge >= 0.3 is 5.69 Å². The van der Waals surface area contributed by atoms with Gasteiger partial charge < -0.3 is 10.0 Å². The van der Waals surface area contributed by atoms with Crippen LogP contribution in [0, 0.1) is 0 Å². The average Bonchev–Trinajstić information content (AvgIpc) is 2.63. The van der Waals surface area contributed by atoms with Crippen LogP contribution in [0.3, 0.4) is 0 Å². The first-order valence-corrected chi connectivity index (χ1v) is 6.59. The standard InChI is InChI=1S/C12H18N4O3/c1-14-11(18)10(13-15(2)12(14)19)16-7-3-4-8(16)6-9(17)5-7/h7-9,17H,3-6H2,1-2H3. The zero-order valence-electron chi connectivity index (χ0n) is 11.1. The quantitative estimate of drug-likeness (QED) is 0.703. The largest absolute Gasteiger partial charge is 0.393 e. The van der Waals surface area contributed by atoms with Gasteiger partial charge in [-0.1, -0.05) is 0 Å². The van der Waals surface area contributed by atoms with E-state index in [1.807, 2.05) is 4.90 Å². The van der Waals surface area contributed by atoms with Gasteiger partial charge in [-0.25, -0.2) is 9.48 Å². The second-order valence-electron chi connectivity index (χ2n) is 5.51. The Morgan fingerprint density at radius 1 is 1.16 bits per heavy atom. The Morgan fingerprint density at radius 3 is 2.32 bits per heavy atom. The van der Waals surface area contributed by atoms with Crippen molar-refractivity contribution in [1.82, 2.24) is 14.3 Å². The summed E-state index contributed by atoms with van der Waals surface area (Å²) in [7, 11) is 3.02. The molecule has 2 aliphatic rings. The lowest BCUT2D eigenvalue weighted by Crippen LogP contribution is -2.50. The Kier molecular flexibility index (Phi) is 2.74. The number of aryl methyl sites for hydroxylation is 1. The molecule has 19 heavy (non-hydrogen) atoms. The number of piperidine rings is 1. The Balaban J connectivity index is 2.09. The Bertz CT molecular complexity index is 606. The zero-order chi connectivity index (χ0) is 13.7. The first-order chi connectivity index (χ1) is 8.99. The number of hydrogen-bond donors (Lipinski definition) is 1. The normalized spacial score (nSPS) is 29.8. The Labute approximate surface area is 110 Å². The number of aliphatic hydroxyl groups is 1. The Morgan fingerprint density at radius 2 is 1.74 bits per heavy atom. The molecule has 7 nitrogen and oxygen atoms in total. The first-order valence-electron chi connectivity index (χ1n) is 6.59. The molecule has 0 spiro atoms. The molecule has 7 heteroatoms. The summed E-state index contributed by atoms with van der Waals surface area (Å²) in [6.07, 6.45) is 2.99. The van der Waals surface area contributed by atoms with Gasteiger partial charge in [-0.3, -0.25) is 9.36 Å². The van der Waals surface area contributed by atoms with E-state index >= 15 is 0 Å². The van der Waals surface area contributed by atoms with Gasteiger partial charge in [0.1, 0.15) is 0 Å². The minimum atomic E-state index is -0.418. The van der Waals surface area contributed by atoms with E-state index in [4.69, 9.17) is 0 Å². The maximum atomic E-state index is 12.2. The molecule has 0 aromatic carbocycles. The third-order valence-corrected chi connectivity index (χ3v) is 4.26. The van der Waals surface area contributed by atoms with Crippen LogP contribution in [0.15, 0.2) is 9.59 Å². The van der Waals surface area contributed by atoms with Crippen molar-refractivity contribution in [3.05, 3.63) is 20.8 Å². The molecule has 1 aromatic rings. The lowest BCUT2D eigenvalue weighted by atomic mass is 10.00. The highest BCUT2D eigenvalue weighted by Gasteiger charge is 2.42.